The van der Waals surface area contributed by atoms with Crippen LogP contribution in [0.25, 0.3) is 0 Å². The van der Waals surface area contributed by atoms with E-state index in [1.165, 1.54) is 0 Å². The Kier molecular flexibility index (Phi) is 3.34. The third kappa shape index (κ3) is 3.51. The van der Waals surface area contributed by atoms with E-state index in [9.17, 15) is 13.5 Å². The second-order valence-corrected chi connectivity index (χ2v) is 5.64. The zero-order valence-electron chi connectivity index (χ0n) is 8.23. The van der Waals surface area contributed by atoms with Crippen molar-refractivity contribution in [2.75, 3.05) is 12.0 Å². The lowest BCUT2D eigenvalue weighted by Crippen LogP contribution is -2.07. The van der Waals surface area contributed by atoms with Crippen LogP contribution >= 0.6 is 0 Å². The van der Waals surface area contributed by atoms with Crippen molar-refractivity contribution in [2.45, 2.75) is 19.4 Å². The van der Waals surface area contributed by atoms with E-state index < -0.39 is 15.9 Å². The van der Waals surface area contributed by atoms with Gasteiger partial charge < -0.3 is 9.52 Å². The van der Waals surface area contributed by atoms with Crippen molar-refractivity contribution in [1.29, 1.82) is 0 Å². The Bertz CT molecular complexity index is 391. The minimum Gasteiger partial charge on any atom is -0.464 e. The maximum atomic E-state index is 10.8. The molecule has 0 radical (unpaired) electrons. The second kappa shape index (κ2) is 4.14. The molecule has 1 unspecified atom stereocenters. The number of sulfone groups is 1. The number of aryl methyl sites for hydroxylation is 1. The van der Waals surface area contributed by atoms with Gasteiger partial charge >= 0.3 is 0 Å². The van der Waals surface area contributed by atoms with Crippen molar-refractivity contribution in [1.82, 2.24) is 0 Å². The molecular formula is C9H14O4S. The Balaban J connectivity index is 2.55. The summed E-state index contributed by atoms with van der Waals surface area (Å²) in [6.07, 6.45) is 0.484. The molecule has 0 spiro atoms. The van der Waals surface area contributed by atoms with Gasteiger partial charge in [0.05, 0.1) is 5.75 Å². The van der Waals surface area contributed by atoms with Crippen molar-refractivity contribution in [3.8, 4) is 0 Å². The van der Waals surface area contributed by atoms with E-state index in [2.05, 4.69) is 0 Å². The molecule has 4 nitrogen and oxygen atoms in total. The van der Waals surface area contributed by atoms with E-state index >= 15 is 0 Å². The SMILES string of the molecule is Cc1ccc(C(O)CCS(C)(=O)=O)o1. The van der Waals surface area contributed by atoms with E-state index in [1.807, 2.05) is 0 Å². The molecule has 14 heavy (non-hydrogen) atoms. The van der Waals surface area contributed by atoms with E-state index in [4.69, 9.17) is 4.42 Å². The van der Waals surface area contributed by atoms with Crippen LogP contribution in [0.4, 0.5) is 0 Å². The highest BCUT2D eigenvalue weighted by molar-refractivity contribution is 7.90. The van der Waals surface area contributed by atoms with Crippen LogP contribution in [0.2, 0.25) is 0 Å². The minimum absolute atomic E-state index is 0.0338. The molecule has 1 rings (SSSR count). The Morgan fingerprint density at radius 1 is 1.50 bits per heavy atom. The number of aliphatic hydroxyl groups is 1. The van der Waals surface area contributed by atoms with E-state index in [0.29, 0.717) is 11.5 Å². The van der Waals surface area contributed by atoms with Gasteiger partial charge in [0.15, 0.2) is 0 Å². The molecule has 5 heteroatoms. The standard InChI is InChI=1S/C9H14O4S/c1-7-3-4-9(13-7)8(10)5-6-14(2,11)12/h3-4,8,10H,5-6H2,1-2H3. The topological polar surface area (TPSA) is 67.5 Å². The predicted molar refractivity (Wildman–Crippen MR) is 52.7 cm³/mol. The van der Waals surface area contributed by atoms with Gasteiger partial charge in [-0.2, -0.15) is 0 Å². The van der Waals surface area contributed by atoms with Gasteiger partial charge in [0, 0.05) is 6.26 Å². The molecule has 0 saturated carbocycles. The summed E-state index contributed by atoms with van der Waals surface area (Å²) in [4.78, 5) is 0. The Morgan fingerprint density at radius 3 is 2.57 bits per heavy atom. The fourth-order valence-electron chi connectivity index (χ4n) is 1.10. The van der Waals surface area contributed by atoms with Gasteiger partial charge in [-0.3, -0.25) is 0 Å². The molecule has 0 fully saturated rings. The van der Waals surface area contributed by atoms with Gasteiger partial charge in [-0.1, -0.05) is 0 Å². The van der Waals surface area contributed by atoms with Crippen molar-refractivity contribution in [3.63, 3.8) is 0 Å². The normalized spacial score (nSPS) is 14.2. The molecule has 1 N–H and O–H groups in total. The van der Waals surface area contributed by atoms with Gasteiger partial charge in [-0.05, 0) is 25.5 Å². The first-order valence-electron chi connectivity index (χ1n) is 4.30. The number of aliphatic hydroxyl groups excluding tert-OH is 1. The summed E-state index contributed by atoms with van der Waals surface area (Å²) in [6.45, 7) is 1.77. The van der Waals surface area contributed by atoms with Crippen LogP contribution in [0.3, 0.4) is 0 Å². The highest BCUT2D eigenvalue weighted by Gasteiger charge is 2.14. The molecule has 1 heterocycles. The highest BCUT2D eigenvalue weighted by Crippen LogP contribution is 2.19. The van der Waals surface area contributed by atoms with Crippen LogP contribution in [0.15, 0.2) is 16.5 Å². The highest BCUT2D eigenvalue weighted by atomic mass is 32.2. The first-order chi connectivity index (χ1) is 6.38. The van der Waals surface area contributed by atoms with Crippen LogP contribution in [-0.4, -0.2) is 25.5 Å². The van der Waals surface area contributed by atoms with Crippen molar-refractivity contribution < 1.29 is 17.9 Å². The van der Waals surface area contributed by atoms with Crippen molar-refractivity contribution >= 4 is 9.84 Å². The lowest BCUT2D eigenvalue weighted by Gasteiger charge is -2.05. The summed E-state index contributed by atoms with van der Waals surface area (Å²) in [6, 6.07) is 3.39. The summed E-state index contributed by atoms with van der Waals surface area (Å²) < 4.78 is 26.8. The molecule has 0 aliphatic heterocycles. The van der Waals surface area contributed by atoms with Crippen molar-refractivity contribution in [3.05, 3.63) is 23.7 Å². The molecule has 0 aliphatic rings. The van der Waals surface area contributed by atoms with E-state index in [-0.39, 0.29) is 12.2 Å². The largest absolute Gasteiger partial charge is 0.464 e. The zero-order valence-corrected chi connectivity index (χ0v) is 9.04. The molecule has 0 amide bonds. The maximum absolute atomic E-state index is 10.8. The Hall–Kier alpha value is -0.810. The number of hydrogen-bond donors (Lipinski definition) is 1. The van der Waals surface area contributed by atoms with Crippen LogP contribution in [0.5, 0.6) is 0 Å². The number of hydrogen-bond acceptors (Lipinski definition) is 4. The summed E-state index contributed by atoms with van der Waals surface area (Å²) in [5.41, 5.74) is 0. The lowest BCUT2D eigenvalue weighted by molar-refractivity contribution is 0.145. The monoisotopic (exact) mass is 218 g/mol. The van der Waals surface area contributed by atoms with Gasteiger partial charge in [0.1, 0.15) is 27.5 Å². The van der Waals surface area contributed by atoms with Crippen LogP contribution in [-0.2, 0) is 9.84 Å². The summed E-state index contributed by atoms with van der Waals surface area (Å²) in [5.74, 6) is 1.10. The predicted octanol–water partition coefficient (Wildman–Crippen LogP) is 1.06. The molecular weight excluding hydrogens is 204 g/mol. The van der Waals surface area contributed by atoms with Crippen LogP contribution in [0.1, 0.15) is 24.0 Å². The van der Waals surface area contributed by atoms with Crippen LogP contribution in [0, 0.1) is 6.92 Å². The van der Waals surface area contributed by atoms with Crippen molar-refractivity contribution in [2.24, 2.45) is 0 Å². The summed E-state index contributed by atoms with van der Waals surface area (Å²) >= 11 is 0. The molecule has 80 valence electrons. The third-order valence-corrected chi connectivity index (χ3v) is 2.83. The summed E-state index contributed by atoms with van der Waals surface area (Å²) in [5, 5.41) is 9.54. The van der Waals surface area contributed by atoms with E-state index in [0.717, 1.165) is 6.26 Å². The first-order valence-corrected chi connectivity index (χ1v) is 6.36. The Labute approximate surface area is 83.5 Å². The summed E-state index contributed by atoms with van der Waals surface area (Å²) in [7, 11) is -3.02. The second-order valence-electron chi connectivity index (χ2n) is 3.38. The zero-order chi connectivity index (χ0) is 10.8. The van der Waals surface area contributed by atoms with Crippen LogP contribution < -0.4 is 0 Å². The molecule has 1 aromatic rings. The average Bonchev–Trinajstić information content (AvgIpc) is 2.46. The molecule has 0 aromatic carbocycles. The molecule has 1 aromatic heterocycles. The minimum atomic E-state index is -3.02. The first kappa shape index (κ1) is 11.3. The number of furan rings is 1. The maximum Gasteiger partial charge on any atom is 0.147 e. The Morgan fingerprint density at radius 2 is 2.14 bits per heavy atom. The fraction of sp³-hybridized carbons (Fsp3) is 0.556. The quantitative estimate of drug-likeness (QED) is 0.820. The lowest BCUT2D eigenvalue weighted by atomic mass is 10.2. The molecule has 0 saturated heterocycles. The fourth-order valence-corrected chi connectivity index (χ4v) is 1.75. The van der Waals surface area contributed by atoms with Gasteiger partial charge in [0.25, 0.3) is 0 Å². The van der Waals surface area contributed by atoms with Gasteiger partial charge in [-0.15, -0.1) is 0 Å². The third-order valence-electron chi connectivity index (χ3n) is 1.85. The van der Waals surface area contributed by atoms with Gasteiger partial charge in [-0.25, -0.2) is 8.42 Å². The number of rotatable bonds is 4. The van der Waals surface area contributed by atoms with E-state index in [1.54, 1.807) is 19.1 Å². The molecule has 0 aliphatic carbocycles. The molecule has 1 atom stereocenters. The average molecular weight is 218 g/mol. The van der Waals surface area contributed by atoms with Gasteiger partial charge in [0.2, 0.25) is 0 Å². The smallest absolute Gasteiger partial charge is 0.147 e. The molecule has 0 bridgehead atoms.